The first-order valence-corrected chi connectivity index (χ1v) is 5.87. The van der Waals surface area contributed by atoms with Crippen LogP contribution in [0.5, 0.6) is 0 Å². The summed E-state index contributed by atoms with van der Waals surface area (Å²) in [5, 5.41) is 13.7. The van der Waals surface area contributed by atoms with Crippen LogP contribution in [0.2, 0.25) is 0 Å². The van der Waals surface area contributed by atoms with Gasteiger partial charge in [-0.1, -0.05) is 19.3 Å². The molecule has 92 valence electrons. The number of hydrogen-bond donors (Lipinski definition) is 1. The van der Waals surface area contributed by atoms with Crippen molar-refractivity contribution in [2.75, 3.05) is 5.32 Å². The number of rotatable bonds is 3. The van der Waals surface area contributed by atoms with Gasteiger partial charge in [-0.3, -0.25) is 10.1 Å². The van der Waals surface area contributed by atoms with Gasteiger partial charge in [0.15, 0.2) is 0 Å². The van der Waals surface area contributed by atoms with Gasteiger partial charge in [0.1, 0.15) is 0 Å². The van der Waals surface area contributed by atoms with Gasteiger partial charge < -0.3 is 5.32 Å². The van der Waals surface area contributed by atoms with Crippen molar-refractivity contribution in [1.29, 1.82) is 0 Å². The maximum absolute atomic E-state index is 13.4. The van der Waals surface area contributed by atoms with Crippen LogP contribution in [0, 0.1) is 15.9 Å². The summed E-state index contributed by atoms with van der Waals surface area (Å²) in [5.41, 5.74) is 0.152. The highest BCUT2D eigenvalue weighted by Crippen LogP contribution is 2.25. The van der Waals surface area contributed by atoms with E-state index in [-0.39, 0.29) is 0 Å². The van der Waals surface area contributed by atoms with E-state index < -0.39 is 16.4 Å². The SMILES string of the molecule is O=[N+]([O-])c1ccc(NC2CCCCC2)cc1F. The third-order valence-electron chi connectivity index (χ3n) is 3.12. The molecule has 2 rings (SSSR count). The van der Waals surface area contributed by atoms with E-state index in [2.05, 4.69) is 5.32 Å². The molecule has 1 fully saturated rings. The van der Waals surface area contributed by atoms with Crippen LogP contribution in [0.4, 0.5) is 15.8 Å². The fourth-order valence-electron chi connectivity index (χ4n) is 2.23. The van der Waals surface area contributed by atoms with E-state index in [0.29, 0.717) is 11.7 Å². The first kappa shape index (κ1) is 11.8. The molecule has 0 saturated heterocycles. The van der Waals surface area contributed by atoms with E-state index in [4.69, 9.17) is 0 Å². The highest BCUT2D eigenvalue weighted by molar-refractivity contribution is 5.50. The van der Waals surface area contributed by atoms with Crippen molar-refractivity contribution in [3.63, 3.8) is 0 Å². The second-order valence-corrected chi connectivity index (χ2v) is 4.40. The van der Waals surface area contributed by atoms with Crippen molar-refractivity contribution in [2.24, 2.45) is 0 Å². The molecule has 5 heteroatoms. The van der Waals surface area contributed by atoms with Gasteiger partial charge in [0, 0.05) is 23.9 Å². The topological polar surface area (TPSA) is 55.2 Å². The lowest BCUT2D eigenvalue weighted by Gasteiger charge is -2.23. The van der Waals surface area contributed by atoms with E-state index in [1.165, 1.54) is 31.4 Å². The van der Waals surface area contributed by atoms with Gasteiger partial charge in [0.2, 0.25) is 5.82 Å². The second-order valence-electron chi connectivity index (χ2n) is 4.40. The first-order chi connectivity index (χ1) is 8.16. The van der Waals surface area contributed by atoms with Crippen LogP contribution in [0.1, 0.15) is 32.1 Å². The number of hydrogen-bond acceptors (Lipinski definition) is 3. The zero-order chi connectivity index (χ0) is 12.3. The number of anilines is 1. The fourth-order valence-corrected chi connectivity index (χ4v) is 2.23. The van der Waals surface area contributed by atoms with Crippen LogP contribution >= 0.6 is 0 Å². The fraction of sp³-hybridized carbons (Fsp3) is 0.500. The number of nitrogens with zero attached hydrogens (tertiary/aromatic N) is 1. The summed E-state index contributed by atoms with van der Waals surface area (Å²) in [4.78, 5) is 9.76. The maximum Gasteiger partial charge on any atom is 0.304 e. The van der Waals surface area contributed by atoms with Crippen molar-refractivity contribution in [3.05, 3.63) is 34.1 Å². The van der Waals surface area contributed by atoms with Crippen LogP contribution in [-0.2, 0) is 0 Å². The van der Waals surface area contributed by atoms with E-state index in [9.17, 15) is 14.5 Å². The van der Waals surface area contributed by atoms with E-state index in [0.717, 1.165) is 12.8 Å². The Bertz CT molecular complexity index is 417. The molecule has 1 saturated carbocycles. The monoisotopic (exact) mass is 238 g/mol. The molecule has 0 aliphatic heterocycles. The number of nitro groups is 1. The summed E-state index contributed by atoms with van der Waals surface area (Å²) >= 11 is 0. The van der Waals surface area contributed by atoms with Gasteiger partial charge >= 0.3 is 5.69 Å². The van der Waals surface area contributed by atoms with E-state index >= 15 is 0 Å². The standard InChI is InChI=1S/C12H15FN2O2/c13-11-8-10(6-7-12(11)15(16)17)14-9-4-2-1-3-5-9/h6-9,14H,1-5H2. The van der Waals surface area contributed by atoms with Crippen molar-refractivity contribution in [1.82, 2.24) is 0 Å². The Labute approximate surface area is 99.0 Å². The third-order valence-corrected chi connectivity index (χ3v) is 3.12. The summed E-state index contributed by atoms with van der Waals surface area (Å²) in [5.74, 6) is -0.782. The largest absolute Gasteiger partial charge is 0.382 e. The minimum Gasteiger partial charge on any atom is -0.382 e. The average molecular weight is 238 g/mol. The van der Waals surface area contributed by atoms with Crippen molar-refractivity contribution in [2.45, 2.75) is 38.1 Å². The summed E-state index contributed by atoms with van der Waals surface area (Å²) in [7, 11) is 0. The molecule has 1 aromatic carbocycles. The number of halogens is 1. The van der Waals surface area contributed by atoms with Crippen molar-refractivity contribution >= 4 is 11.4 Å². The Kier molecular flexibility index (Phi) is 3.56. The minimum atomic E-state index is -0.782. The normalized spacial score (nSPS) is 16.8. The maximum atomic E-state index is 13.4. The van der Waals surface area contributed by atoms with Crippen LogP contribution in [-0.4, -0.2) is 11.0 Å². The lowest BCUT2D eigenvalue weighted by molar-refractivity contribution is -0.387. The van der Waals surface area contributed by atoms with E-state index in [1.807, 2.05) is 0 Å². The van der Waals surface area contributed by atoms with Gasteiger partial charge in [-0.25, -0.2) is 0 Å². The Hall–Kier alpha value is -1.65. The molecule has 0 radical (unpaired) electrons. The van der Waals surface area contributed by atoms with Crippen molar-refractivity contribution in [3.8, 4) is 0 Å². The van der Waals surface area contributed by atoms with E-state index in [1.54, 1.807) is 6.07 Å². The Balaban J connectivity index is 2.06. The zero-order valence-electron chi connectivity index (χ0n) is 9.49. The van der Waals surface area contributed by atoms with Crippen LogP contribution in [0.3, 0.4) is 0 Å². The molecule has 0 unspecified atom stereocenters. The number of nitrogens with one attached hydrogen (secondary N) is 1. The smallest absolute Gasteiger partial charge is 0.304 e. The Morgan fingerprint density at radius 1 is 1.29 bits per heavy atom. The molecule has 0 bridgehead atoms. The van der Waals surface area contributed by atoms with Crippen LogP contribution in [0.25, 0.3) is 0 Å². The summed E-state index contributed by atoms with van der Waals surface area (Å²) in [6.07, 6.45) is 5.80. The second kappa shape index (κ2) is 5.12. The molecule has 1 aromatic rings. The molecule has 4 nitrogen and oxygen atoms in total. The van der Waals surface area contributed by atoms with Gasteiger partial charge in [0.25, 0.3) is 0 Å². The molecule has 0 heterocycles. The highest BCUT2D eigenvalue weighted by Gasteiger charge is 2.16. The third kappa shape index (κ3) is 2.93. The molecule has 1 aliphatic rings. The highest BCUT2D eigenvalue weighted by atomic mass is 19.1. The quantitative estimate of drug-likeness (QED) is 0.648. The molecule has 0 aromatic heterocycles. The molecule has 0 amide bonds. The zero-order valence-corrected chi connectivity index (χ0v) is 9.49. The lowest BCUT2D eigenvalue weighted by atomic mass is 9.95. The molecule has 0 atom stereocenters. The molecule has 1 aliphatic carbocycles. The Morgan fingerprint density at radius 3 is 2.59 bits per heavy atom. The summed E-state index contributed by atoms with van der Waals surface area (Å²) in [6.45, 7) is 0. The average Bonchev–Trinajstić information content (AvgIpc) is 2.30. The predicted molar refractivity (Wildman–Crippen MR) is 63.6 cm³/mol. The van der Waals surface area contributed by atoms with Gasteiger partial charge in [-0.05, 0) is 18.9 Å². The van der Waals surface area contributed by atoms with Crippen LogP contribution < -0.4 is 5.32 Å². The summed E-state index contributed by atoms with van der Waals surface area (Å²) in [6, 6.07) is 4.34. The number of benzene rings is 1. The molecule has 1 N–H and O–H groups in total. The van der Waals surface area contributed by atoms with Crippen LogP contribution in [0.15, 0.2) is 18.2 Å². The minimum absolute atomic E-state index is 0.365. The summed E-state index contributed by atoms with van der Waals surface area (Å²) < 4.78 is 13.4. The lowest BCUT2D eigenvalue weighted by Crippen LogP contribution is -2.22. The Morgan fingerprint density at radius 2 is 2.00 bits per heavy atom. The van der Waals surface area contributed by atoms with Crippen molar-refractivity contribution < 1.29 is 9.31 Å². The van der Waals surface area contributed by atoms with Gasteiger partial charge in [-0.2, -0.15) is 4.39 Å². The van der Waals surface area contributed by atoms with Gasteiger partial charge in [-0.15, -0.1) is 0 Å². The molecule has 17 heavy (non-hydrogen) atoms. The number of nitro benzene ring substituents is 1. The molecular weight excluding hydrogens is 223 g/mol. The molecule has 0 spiro atoms. The van der Waals surface area contributed by atoms with Gasteiger partial charge in [0.05, 0.1) is 4.92 Å². The predicted octanol–water partition coefficient (Wildman–Crippen LogP) is 3.48. The first-order valence-electron chi connectivity index (χ1n) is 5.87. The molecular formula is C12H15FN2O2.